The lowest BCUT2D eigenvalue weighted by molar-refractivity contribution is -0.116. The number of aryl methyl sites for hydroxylation is 2. The highest BCUT2D eigenvalue weighted by atomic mass is 32.2. The average molecular weight is 401 g/mol. The Balaban J connectivity index is 1.83. The van der Waals surface area contributed by atoms with Crippen molar-refractivity contribution in [2.75, 3.05) is 11.9 Å². The van der Waals surface area contributed by atoms with E-state index in [0.717, 1.165) is 43.2 Å². The molecule has 0 aliphatic heterocycles. The van der Waals surface area contributed by atoms with E-state index in [0.29, 0.717) is 5.69 Å². The van der Waals surface area contributed by atoms with Crippen molar-refractivity contribution in [2.24, 2.45) is 0 Å². The molecule has 3 rings (SSSR count). The molecule has 1 N–H and O–H groups in total. The number of carbonyl (C=O) groups excluding carboxylic acids is 1. The van der Waals surface area contributed by atoms with Crippen LogP contribution in [-0.2, 0) is 14.8 Å². The molecule has 0 aromatic heterocycles. The maximum Gasteiger partial charge on any atom is 0.243 e. The van der Waals surface area contributed by atoms with Crippen LogP contribution in [0.15, 0.2) is 53.4 Å². The van der Waals surface area contributed by atoms with Crippen LogP contribution in [0.2, 0.25) is 0 Å². The third-order valence-corrected chi connectivity index (χ3v) is 7.16. The molecule has 2 aromatic carbocycles. The Morgan fingerprint density at radius 1 is 0.929 bits per heavy atom. The Hall–Kier alpha value is -2.18. The number of nitrogens with zero attached hydrogens (tertiary/aromatic N) is 1. The minimum absolute atomic E-state index is 0.135. The number of sulfonamides is 1. The molecule has 0 unspecified atom stereocenters. The fourth-order valence-corrected chi connectivity index (χ4v) is 5.25. The molecule has 0 spiro atoms. The molecule has 1 fully saturated rings. The molecule has 0 radical (unpaired) electrons. The number of carbonyl (C=O) groups is 1. The number of hydrogen-bond acceptors (Lipinski definition) is 3. The third-order valence-electron chi connectivity index (χ3n) is 5.24. The van der Waals surface area contributed by atoms with E-state index in [-0.39, 0.29) is 23.4 Å². The first kappa shape index (κ1) is 20.6. The van der Waals surface area contributed by atoms with Gasteiger partial charge in [0.25, 0.3) is 0 Å². The molecule has 150 valence electrons. The molecule has 0 heterocycles. The number of benzene rings is 2. The molecule has 0 atom stereocenters. The molecule has 1 aliphatic rings. The summed E-state index contributed by atoms with van der Waals surface area (Å²) in [5.41, 5.74) is 2.77. The summed E-state index contributed by atoms with van der Waals surface area (Å²) in [5.74, 6) is -0.315. The second kappa shape index (κ2) is 8.88. The van der Waals surface area contributed by atoms with Gasteiger partial charge < -0.3 is 5.32 Å². The summed E-state index contributed by atoms with van der Waals surface area (Å²) in [7, 11) is -3.74. The predicted octanol–water partition coefficient (Wildman–Crippen LogP) is 4.27. The molecular formula is C22H28N2O3S. The van der Waals surface area contributed by atoms with Crippen LogP contribution in [0.1, 0.15) is 43.2 Å². The normalized spacial score (nSPS) is 15.5. The Morgan fingerprint density at radius 3 is 2.04 bits per heavy atom. The van der Waals surface area contributed by atoms with Crippen LogP contribution in [-0.4, -0.2) is 31.2 Å². The van der Waals surface area contributed by atoms with Gasteiger partial charge in [-0.3, -0.25) is 4.79 Å². The summed E-state index contributed by atoms with van der Waals surface area (Å²) in [6.45, 7) is 3.73. The van der Waals surface area contributed by atoms with Gasteiger partial charge in [0.1, 0.15) is 0 Å². The second-order valence-corrected chi connectivity index (χ2v) is 9.46. The van der Waals surface area contributed by atoms with E-state index in [1.54, 1.807) is 24.3 Å². The first-order chi connectivity index (χ1) is 13.4. The lowest BCUT2D eigenvalue weighted by atomic mass is 9.95. The zero-order valence-corrected chi connectivity index (χ0v) is 17.3. The summed E-state index contributed by atoms with van der Waals surface area (Å²) in [4.78, 5) is 12.9. The van der Waals surface area contributed by atoms with Crippen molar-refractivity contribution in [3.8, 4) is 0 Å². The maximum absolute atomic E-state index is 13.3. The van der Waals surface area contributed by atoms with E-state index in [4.69, 9.17) is 0 Å². The molecule has 1 aliphatic carbocycles. The molecular weight excluding hydrogens is 372 g/mol. The zero-order valence-electron chi connectivity index (χ0n) is 16.5. The van der Waals surface area contributed by atoms with Gasteiger partial charge in [-0.15, -0.1) is 0 Å². The molecule has 1 saturated carbocycles. The number of nitrogens with one attached hydrogen (secondary N) is 1. The van der Waals surface area contributed by atoms with Crippen LogP contribution in [0.3, 0.4) is 0 Å². The van der Waals surface area contributed by atoms with E-state index in [9.17, 15) is 13.2 Å². The van der Waals surface area contributed by atoms with Crippen molar-refractivity contribution in [1.29, 1.82) is 0 Å². The second-order valence-electron chi connectivity index (χ2n) is 7.57. The van der Waals surface area contributed by atoms with Crippen LogP contribution < -0.4 is 5.32 Å². The Bertz CT molecular complexity index is 900. The maximum atomic E-state index is 13.3. The van der Waals surface area contributed by atoms with Crippen LogP contribution in [0.5, 0.6) is 0 Å². The van der Waals surface area contributed by atoms with Crippen molar-refractivity contribution < 1.29 is 13.2 Å². The van der Waals surface area contributed by atoms with E-state index >= 15 is 0 Å². The Labute approximate surface area is 167 Å². The number of rotatable bonds is 6. The SMILES string of the molecule is Cc1ccc(NC(=O)CN(C2CCCCC2)S(=O)(=O)c2ccc(C)cc2)cc1. The fraction of sp³-hybridized carbons (Fsp3) is 0.409. The topological polar surface area (TPSA) is 66.5 Å². The lowest BCUT2D eigenvalue weighted by Gasteiger charge is -2.33. The van der Waals surface area contributed by atoms with Crippen molar-refractivity contribution in [2.45, 2.75) is 56.9 Å². The first-order valence-corrected chi connectivity index (χ1v) is 11.3. The fourth-order valence-electron chi connectivity index (χ4n) is 3.60. The third kappa shape index (κ3) is 5.00. The van der Waals surface area contributed by atoms with Crippen LogP contribution in [0, 0.1) is 13.8 Å². The molecule has 0 saturated heterocycles. The lowest BCUT2D eigenvalue weighted by Crippen LogP contribution is -2.45. The van der Waals surface area contributed by atoms with Crippen molar-refractivity contribution in [1.82, 2.24) is 4.31 Å². The summed E-state index contributed by atoms with van der Waals surface area (Å²) in [6, 6.07) is 14.2. The van der Waals surface area contributed by atoms with Gasteiger partial charge in [0.15, 0.2) is 0 Å². The van der Waals surface area contributed by atoms with Crippen molar-refractivity contribution in [3.05, 3.63) is 59.7 Å². The van der Waals surface area contributed by atoms with Gasteiger partial charge in [-0.25, -0.2) is 8.42 Å². The standard InChI is InChI=1S/C22H28N2O3S/c1-17-8-12-19(13-9-17)23-22(25)16-24(20-6-4-3-5-7-20)28(26,27)21-14-10-18(2)11-15-21/h8-15,20H,3-7,16H2,1-2H3,(H,23,25). The zero-order chi connectivity index (χ0) is 20.1. The Morgan fingerprint density at radius 2 is 1.46 bits per heavy atom. The molecule has 1 amide bonds. The van der Waals surface area contributed by atoms with Crippen LogP contribution in [0.4, 0.5) is 5.69 Å². The first-order valence-electron chi connectivity index (χ1n) is 9.81. The van der Waals surface area contributed by atoms with Crippen molar-refractivity contribution >= 4 is 21.6 Å². The average Bonchev–Trinajstić information content (AvgIpc) is 2.69. The largest absolute Gasteiger partial charge is 0.325 e. The highest BCUT2D eigenvalue weighted by molar-refractivity contribution is 7.89. The summed E-state index contributed by atoms with van der Waals surface area (Å²) in [6.07, 6.45) is 4.69. The molecule has 0 bridgehead atoms. The summed E-state index contributed by atoms with van der Waals surface area (Å²) < 4.78 is 28.0. The van der Waals surface area contributed by atoms with Gasteiger partial charge in [-0.2, -0.15) is 4.31 Å². The van der Waals surface area contributed by atoms with Crippen LogP contribution >= 0.6 is 0 Å². The number of hydrogen-bond donors (Lipinski definition) is 1. The van der Waals surface area contributed by atoms with Gasteiger partial charge in [0.05, 0.1) is 11.4 Å². The van der Waals surface area contributed by atoms with Crippen LogP contribution in [0.25, 0.3) is 0 Å². The van der Waals surface area contributed by atoms with E-state index in [1.807, 2.05) is 38.1 Å². The number of anilines is 1. The van der Waals surface area contributed by atoms with E-state index < -0.39 is 10.0 Å². The highest BCUT2D eigenvalue weighted by Gasteiger charge is 2.33. The monoisotopic (exact) mass is 400 g/mol. The van der Waals surface area contributed by atoms with Gasteiger partial charge in [0, 0.05) is 11.7 Å². The summed E-state index contributed by atoms with van der Waals surface area (Å²) in [5, 5.41) is 2.83. The Kier molecular flexibility index (Phi) is 6.52. The molecule has 2 aromatic rings. The van der Waals surface area contributed by atoms with Gasteiger partial charge in [0.2, 0.25) is 15.9 Å². The molecule has 6 heteroatoms. The highest BCUT2D eigenvalue weighted by Crippen LogP contribution is 2.28. The predicted molar refractivity (Wildman–Crippen MR) is 112 cm³/mol. The quantitative estimate of drug-likeness (QED) is 0.788. The van der Waals surface area contributed by atoms with Crippen molar-refractivity contribution in [3.63, 3.8) is 0 Å². The summed E-state index contributed by atoms with van der Waals surface area (Å²) >= 11 is 0. The van der Waals surface area contributed by atoms with Gasteiger partial charge in [-0.1, -0.05) is 54.7 Å². The van der Waals surface area contributed by atoms with E-state index in [2.05, 4.69) is 5.32 Å². The van der Waals surface area contributed by atoms with Gasteiger partial charge in [-0.05, 0) is 51.0 Å². The minimum Gasteiger partial charge on any atom is -0.325 e. The van der Waals surface area contributed by atoms with Gasteiger partial charge >= 0.3 is 0 Å². The minimum atomic E-state index is -3.74. The number of amides is 1. The van der Waals surface area contributed by atoms with E-state index in [1.165, 1.54) is 4.31 Å². The molecule has 28 heavy (non-hydrogen) atoms. The molecule has 5 nitrogen and oxygen atoms in total. The smallest absolute Gasteiger partial charge is 0.243 e.